The zero-order valence-electron chi connectivity index (χ0n) is 8.78. The Morgan fingerprint density at radius 2 is 1.77 bits per heavy atom. The molecule has 0 aromatic rings. The monoisotopic (exact) mass is 187 g/mol. The van der Waals surface area contributed by atoms with Gasteiger partial charge in [-0.3, -0.25) is 4.79 Å². The maximum Gasteiger partial charge on any atom is 0.224 e. The summed E-state index contributed by atoms with van der Waals surface area (Å²) in [5.41, 5.74) is 0.0980. The van der Waals surface area contributed by atoms with Crippen molar-refractivity contribution in [3.63, 3.8) is 0 Å². The van der Waals surface area contributed by atoms with E-state index >= 15 is 0 Å². The number of nitrogens with one attached hydrogen (secondary N) is 1. The molecule has 0 spiro atoms. The van der Waals surface area contributed by atoms with Gasteiger partial charge in [0.2, 0.25) is 5.91 Å². The topological polar surface area (TPSA) is 29.1 Å². The van der Waals surface area contributed by atoms with Gasteiger partial charge in [-0.25, -0.2) is 4.39 Å². The Hall–Kier alpha value is -0.600. The molecule has 2 nitrogen and oxygen atoms in total. The lowest BCUT2D eigenvalue weighted by Gasteiger charge is -2.03. The molecule has 0 bridgehead atoms. The van der Waals surface area contributed by atoms with Crippen molar-refractivity contribution in [2.24, 2.45) is 16.7 Å². The molecular weight excluding hydrogens is 169 g/mol. The molecule has 1 amide bonds. The molecular formula is C10H18FNO. The molecule has 1 saturated carbocycles. The summed E-state index contributed by atoms with van der Waals surface area (Å²) in [6.45, 7) is 7.96. The largest absolute Gasteiger partial charge is 0.353 e. The van der Waals surface area contributed by atoms with E-state index in [-0.39, 0.29) is 29.2 Å². The van der Waals surface area contributed by atoms with Crippen molar-refractivity contribution in [2.45, 2.75) is 27.7 Å². The van der Waals surface area contributed by atoms with E-state index in [2.05, 4.69) is 33.0 Å². The molecule has 0 radical (unpaired) electrons. The van der Waals surface area contributed by atoms with Crippen LogP contribution >= 0.6 is 0 Å². The zero-order valence-corrected chi connectivity index (χ0v) is 8.78. The Morgan fingerprint density at radius 1 is 1.31 bits per heavy atom. The van der Waals surface area contributed by atoms with Crippen LogP contribution in [0.1, 0.15) is 27.7 Å². The molecule has 0 heterocycles. The summed E-state index contributed by atoms with van der Waals surface area (Å²) in [4.78, 5) is 11.5. The van der Waals surface area contributed by atoms with E-state index in [4.69, 9.17) is 0 Å². The second-order valence-corrected chi connectivity index (χ2v) is 4.86. The summed E-state index contributed by atoms with van der Waals surface area (Å²) >= 11 is 0. The Balaban J connectivity index is 2.53. The molecule has 0 aliphatic heterocycles. The molecule has 1 rings (SSSR count). The number of rotatable bonds is 3. The molecule has 76 valence electrons. The molecule has 1 N–H and O–H groups in total. The van der Waals surface area contributed by atoms with Gasteiger partial charge in [0, 0.05) is 12.5 Å². The number of hydrogen-bond donors (Lipinski definition) is 1. The molecule has 1 fully saturated rings. The molecule has 0 aromatic carbocycles. The minimum Gasteiger partial charge on any atom is -0.353 e. The molecule has 0 aromatic heterocycles. The molecule has 13 heavy (non-hydrogen) atoms. The third-order valence-electron chi connectivity index (χ3n) is 3.68. The SMILES string of the molecule is CC1(C)C(C(=O)NCCF)C1(C)C. The van der Waals surface area contributed by atoms with Crippen molar-refractivity contribution < 1.29 is 9.18 Å². The minimum absolute atomic E-state index is 0.00681. The van der Waals surface area contributed by atoms with Gasteiger partial charge in [0.05, 0.1) is 0 Å². The Labute approximate surface area is 78.9 Å². The van der Waals surface area contributed by atoms with Crippen LogP contribution in [0.2, 0.25) is 0 Å². The fourth-order valence-electron chi connectivity index (χ4n) is 2.12. The minimum atomic E-state index is -0.487. The van der Waals surface area contributed by atoms with Gasteiger partial charge >= 0.3 is 0 Å². The van der Waals surface area contributed by atoms with Gasteiger partial charge in [-0.05, 0) is 10.8 Å². The summed E-state index contributed by atoms with van der Waals surface area (Å²) in [6, 6.07) is 0. The number of amides is 1. The summed E-state index contributed by atoms with van der Waals surface area (Å²) in [6.07, 6.45) is 0. The zero-order chi connectivity index (χ0) is 10.3. The predicted molar refractivity (Wildman–Crippen MR) is 50.0 cm³/mol. The van der Waals surface area contributed by atoms with E-state index in [0.717, 1.165) is 0 Å². The number of halogens is 1. The van der Waals surface area contributed by atoms with E-state index in [1.807, 2.05) is 0 Å². The van der Waals surface area contributed by atoms with Crippen LogP contribution in [0, 0.1) is 16.7 Å². The van der Waals surface area contributed by atoms with Crippen LogP contribution in [0.4, 0.5) is 4.39 Å². The molecule has 1 aliphatic rings. The first-order chi connectivity index (χ1) is 5.85. The molecule has 3 heteroatoms. The summed E-state index contributed by atoms with van der Waals surface area (Å²) in [7, 11) is 0. The van der Waals surface area contributed by atoms with Crippen LogP contribution in [-0.4, -0.2) is 19.1 Å². The Morgan fingerprint density at radius 3 is 2.08 bits per heavy atom. The predicted octanol–water partition coefficient (Wildman–Crippen LogP) is 1.75. The third kappa shape index (κ3) is 1.45. The number of carbonyl (C=O) groups is 1. The quantitative estimate of drug-likeness (QED) is 0.716. The van der Waals surface area contributed by atoms with Crippen LogP contribution in [-0.2, 0) is 4.79 Å². The van der Waals surface area contributed by atoms with Crippen molar-refractivity contribution in [1.82, 2.24) is 5.32 Å². The second kappa shape index (κ2) is 2.96. The average molecular weight is 187 g/mol. The maximum absolute atomic E-state index is 11.8. The molecule has 0 unspecified atom stereocenters. The van der Waals surface area contributed by atoms with E-state index < -0.39 is 6.67 Å². The molecule has 0 saturated heterocycles. The molecule has 1 aliphatic carbocycles. The van der Waals surface area contributed by atoms with Gasteiger partial charge in [-0.2, -0.15) is 0 Å². The lowest BCUT2D eigenvalue weighted by molar-refractivity contribution is -0.123. The van der Waals surface area contributed by atoms with Crippen LogP contribution in [0.5, 0.6) is 0 Å². The van der Waals surface area contributed by atoms with Crippen molar-refractivity contribution >= 4 is 5.91 Å². The summed E-state index contributed by atoms with van der Waals surface area (Å²) in [5, 5.41) is 2.59. The highest BCUT2D eigenvalue weighted by molar-refractivity contribution is 5.84. The van der Waals surface area contributed by atoms with Gasteiger partial charge in [0.25, 0.3) is 0 Å². The van der Waals surface area contributed by atoms with Gasteiger partial charge in [-0.15, -0.1) is 0 Å². The van der Waals surface area contributed by atoms with E-state index in [9.17, 15) is 9.18 Å². The summed E-state index contributed by atoms with van der Waals surface area (Å²) < 4.78 is 11.8. The van der Waals surface area contributed by atoms with Crippen LogP contribution in [0.15, 0.2) is 0 Å². The lowest BCUT2D eigenvalue weighted by Crippen LogP contribution is -2.29. The first-order valence-electron chi connectivity index (χ1n) is 4.69. The van der Waals surface area contributed by atoms with Crippen molar-refractivity contribution in [3.8, 4) is 0 Å². The smallest absolute Gasteiger partial charge is 0.224 e. The van der Waals surface area contributed by atoms with Gasteiger partial charge in [-0.1, -0.05) is 27.7 Å². The van der Waals surface area contributed by atoms with E-state index in [0.29, 0.717) is 0 Å². The summed E-state index contributed by atoms with van der Waals surface area (Å²) in [5.74, 6) is 0.0270. The number of hydrogen-bond acceptors (Lipinski definition) is 1. The first kappa shape index (κ1) is 10.5. The highest BCUT2D eigenvalue weighted by Gasteiger charge is 2.68. The average Bonchev–Trinajstić information content (AvgIpc) is 2.39. The maximum atomic E-state index is 11.8. The van der Waals surface area contributed by atoms with Crippen molar-refractivity contribution in [3.05, 3.63) is 0 Å². The van der Waals surface area contributed by atoms with Gasteiger partial charge < -0.3 is 5.32 Å². The Kier molecular flexibility index (Phi) is 2.39. The van der Waals surface area contributed by atoms with Gasteiger partial charge in [0.1, 0.15) is 6.67 Å². The molecule has 0 atom stereocenters. The third-order valence-corrected chi connectivity index (χ3v) is 3.68. The highest BCUT2D eigenvalue weighted by atomic mass is 19.1. The normalized spacial score (nSPS) is 24.1. The van der Waals surface area contributed by atoms with E-state index in [1.54, 1.807) is 0 Å². The fourth-order valence-corrected chi connectivity index (χ4v) is 2.12. The number of carbonyl (C=O) groups excluding carboxylic acids is 1. The van der Waals surface area contributed by atoms with Crippen LogP contribution < -0.4 is 5.32 Å². The fraction of sp³-hybridized carbons (Fsp3) is 0.900. The van der Waals surface area contributed by atoms with Crippen molar-refractivity contribution in [2.75, 3.05) is 13.2 Å². The first-order valence-corrected chi connectivity index (χ1v) is 4.69. The highest BCUT2D eigenvalue weighted by Crippen LogP contribution is 2.68. The van der Waals surface area contributed by atoms with Gasteiger partial charge in [0.15, 0.2) is 0 Å². The standard InChI is InChI=1S/C10H18FNO/c1-9(2)7(10(9,3)4)8(13)12-6-5-11/h7H,5-6H2,1-4H3,(H,12,13). The lowest BCUT2D eigenvalue weighted by atomic mass is 10.0. The van der Waals surface area contributed by atoms with Crippen molar-refractivity contribution in [1.29, 1.82) is 0 Å². The number of alkyl halides is 1. The van der Waals surface area contributed by atoms with Crippen LogP contribution in [0.3, 0.4) is 0 Å². The van der Waals surface area contributed by atoms with Crippen LogP contribution in [0.25, 0.3) is 0 Å². The second-order valence-electron chi connectivity index (χ2n) is 4.86. The Bertz CT molecular complexity index is 209. The van der Waals surface area contributed by atoms with E-state index in [1.165, 1.54) is 0 Å².